The molecular weight excluding hydrogens is 232 g/mol. The number of aliphatic hydroxyl groups is 1. The quantitative estimate of drug-likeness (QED) is 0.812. The third-order valence-electron chi connectivity index (χ3n) is 3.61. The van der Waals surface area contributed by atoms with E-state index in [4.69, 9.17) is 9.47 Å². The van der Waals surface area contributed by atoms with Crippen LogP contribution in [0, 0.1) is 12.3 Å². The Morgan fingerprint density at radius 1 is 1.28 bits per heavy atom. The molecule has 1 aromatic carbocycles. The van der Waals surface area contributed by atoms with Gasteiger partial charge in [-0.1, -0.05) is 0 Å². The fourth-order valence-electron chi connectivity index (χ4n) is 2.12. The van der Waals surface area contributed by atoms with Crippen LogP contribution in [0.25, 0.3) is 0 Å². The Morgan fingerprint density at radius 2 is 1.83 bits per heavy atom. The molecule has 0 aliphatic heterocycles. The summed E-state index contributed by atoms with van der Waals surface area (Å²) in [6.45, 7) is 1.78. The van der Waals surface area contributed by atoms with Gasteiger partial charge < -0.3 is 14.6 Å². The minimum Gasteiger partial charge on any atom is -0.493 e. The second kappa shape index (κ2) is 4.61. The molecule has 1 aliphatic carbocycles. The number of methoxy groups -OCH3 is 2. The molecule has 2 rings (SSSR count). The molecule has 18 heavy (non-hydrogen) atoms. The Kier molecular flexibility index (Phi) is 3.30. The zero-order valence-electron chi connectivity index (χ0n) is 10.9. The molecule has 1 fully saturated rings. The van der Waals surface area contributed by atoms with Gasteiger partial charge in [0, 0.05) is 5.56 Å². The largest absolute Gasteiger partial charge is 0.493 e. The first kappa shape index (κ1) is 12.9. The van der Waals surface area contributed by atoms with Gasteiger partial charge in [-0.2, -0.15) is 0 Å². The van der Waals surface area contributed by atoms with Gasteiger partial charge in [-0.25, -0.2) is 0 Å². The molecule has 0 saturated heterocycles. The Balaban J connectivity index is 2.42. The fourth-order valence-corrected chi connectivity index (χ4v) is 2.12. The molecular formula is C14H18O4. The molecule has 1 aromatic rings. The highest BCUT2D eigenvalue weighted by atomic mass is 16.5. The van der Waals surface area contributed by atoms with Crippen molar-refractivity contribution in [1.82, 2.24) is 0 Å². The molecule has 0 heterocycles. The number of aryl methyl sites for hydroxylation is 1. The van der Waals surface area contributed by atoms with E-state index in [2.05, 4.69) is 0 Å². The number of ether oxygens (including phenoxy) is 2. The maximum absolute atomic E-state index is 12.4. The number of carbonyl (C=O) groups is 1. The molecule has 0 amide bonds. The van der Waals surface area contributed by atoms with Crippen LogP contribution in [0.5, 0.6) is 11.5 Å². The standard InChI is InChI=1S/C14H18O4/c1-9-6-11(17-2)12(18-3)7-10(9)13(16)14(8-15)4-5-14/h6-7,15H,4-5,8H2,1-3H3. The summed E-state index contributed by atoms with van der Waals surface area (Å²) in [5, 5.41) is 9.33. The number of rotatable bonds is 5. The van der Waals surface area contributed by atoms with Crippen molar-refractivity contribution in [3.05, 3.63) is 23.3 Å². The van der Waals surface area contributed by atoms with Crippen molar-refractivity contribution in [3.63, 3.8) is 0 Å². The molecule has 4 nitrogen and oxygen atoms in total. The highest BCUT2D eigenvalue weighted by Gasteiger charge is 2.49. The number of hydrogen-bond acceptors (Lipinski definition) is 4. The molecule has 98 valence electrons. The summed E-state index contributed by atoms with van der Waals surface area (Å²) in [7, 11) is 3.11. The van der Waals surface area contributed by atoms with Gasteiger partial charge in [0.25, 0.3) is 0 Å². The van der Waals surface area contributed by atoms with Crippen LogP contribution >= 0.6 is 0 Å². The predicted octanol–water partition coefficient (Wildman–Crippen LogP) is 1.97. The monoisotopic (exact) mass is 250 g/mol. The van der Waals surface area contributed by atoms with E-state index in [1.165, 1.54) is 0 Å². The first-order chi connectivity index (χ1) is 8.57. The van der Waals surface area contributed by atoms with E-state index in [-0.39, 0.29) is 12.4 Å². The van der Waals surface area contributed by atoms with E-state index in [0.29, 0.717) is 17.1 Å². The number of aliphatic hydroxyl groups excluding tert-OH is 1. The smallest absolute Gasteiger partial charge is 0.171 e. The van der Waals surface area contributed by atoms with Gasteiger partial charge in [0.15, 0.2) is 17.3 Å². The van der Waals surface area contributed by atoms with E-state index in [0.717, 1.165) is 18.4 Å². The SMILES string of the molecule is COc1cc(C)c(C(=O)C2(CO)CC2)cc1OC. The fraction of sp³-hybridized carbons (Fsp3) is 0.500. The number of benzene rings is 1. The van der Waals surface area contributed by atoms with E-state index < -0.39 is 5.41 Å². The van der Waals surface area contributed by atoms with Crippen LogP contribution in [0.1, 0.15) is 28.8 Å². The molecule has 0 aromatic heterocycles. The highest BCUT2D eigenvalue weighted by Crippen LogP contribution is 2.48. The first-order valence-corrected chi connectivity index (χ1v) is 5.96. The average molecular weight is 250 g/mol. The highest BCUT2D eigenvalue weighted by molar-refractivity contribution is 6.04. The maximum Gasteiger partial charge on any atom is 0.171 e. The van der Waals surface area contributed by atoms with Crippen LogP contribution in [0.15, 0.2) is 12.1 Å². The molecule has 1 saturated carbocycles. The third kappa shape index (κ3) is 1.97. The summed E-state index contributed by atoms with van der Waals surface area (Å²) in [6.07, 6.45) is 1.52. The third-order valence-corrected chi connectivity index (χ3v) is 3.61. The number of ketones is 1. The van der Waals surface area contributed by atoms with E-state index >= 15 is 0 Å². The number of hydrogen-bond donors (Lipinski definition) is 1. The zero-order chi connectivity index (χ0) is 13.3. The van der Waals surface area contributed by atoms with E-state index in [1.807, 2.05) is 6.92 Å². The average Bonchev–Trinajstić information content (AvgIpc) is 3.18. The summed E-state index contributed by atoms with van der Waals surface area (Å²) in [5.74, 6) is 1.16. The minimum absolute atomic E-state index is 0.00320. The normalized spacial score (nSPS) is 16.2. The molecule has 1 N–H and O–H groups in total. The number of carbonyl (C=O) groups excluding carboxylic acids is 1. The van der Waals surface area contributed by atoms with E-state index in [1.54, 1.807) is 26.4 Å². The Bertz CT molecular complexity index is 475. The predicted molar refractivity (Wildman–Crippen MR) is 67.4 cm³/mol. The van der Waals surface area contributed by atoms with Crippen molar-refractivity contribution in [2.75, 3.05) is 20.8 Å². The Hall–Kier alpha value is -1.55. The van der Waals surface area contributed by atoms with E-state index in [9.17, 15) is 9.90 Å². The van der Waals surface area contributed by atoms with Gasteiger partial charge in [0.05, 0.1) is 26.2 Å². The van der Waals surface area contributed by atoms with Crippen molar-refractivity contribution >= 4 is 5.78 Å². The van der Waals surface area contributed by atoms with Crippen LogP contribution in [0.3, 0.4) is 0 Å². The van der Waals surface area contributed by atoms with Crippen LogP contribution in [0.4, 0.5) is 0 Å². The van der Waals surface area contributed by atoms with Crippen LogP contribution < -0.4 is 9.47 Å². The van der Waals surface area contributed by atoms with Crippen LogP contribution in [-0.2, 0) is 0 Å². The molecule has 0 unspecified atom stereocenters. The lowest BCUT2D eigenvalue weighted by Crippen LogP contribution is -2.21. The summed E-state index contributed by atoms with van der Waals surface area (Å²) in [4.78, 5) is 12.4. The van der Waals surface area contributed by atoms with Crippen molar-refractivity contribution < 1.29 is 19.4 Å². The molecule has 0 radical (unpaired) electrons. The second-order valence-electron chi connectivity index (χ2n) is 4.79. The van der Waals surface area contributed by atoms with Gasteiger partial charge in [0.1, 0.15) is 0 Å². The molecule has 0 bridgehead atoms. The minimum atomic E-state index is -0.551. The molecule has 0 atom stereocenters. The van der Waals surface area contributed by atoms with Crippen LogP contribution in [-0.4, -0.2) is 31.7 Å². The lowest BCUT2D eigenvalue weighted by Gasteiger charge is -2.15. The summed E-state index contributed by atoms with van der Waals surface area (Å²) in [6, 6.07) is 3.49. The van der Waals surface area contributed by atoms with Gasteiger partial charge in [0.2, 0.25) is 0 Å². The molecule has 4 heteroatoms. The number of Topliss-reactive ketones (excluding diaryl/α,β-unsaturated/α-hetero) is 1. The van der Waals surface area contributed by atoms with Crippen molar-refractivity contribution in [2.45, 2.75) is 19.8 Å². The Labute approximate surface area is 107 Å². The molecule has 1 aliphatic rings. The first-order valence-electron chi connectivity index (χ1n) is 5.96. The summed E-state index contributed by atoms with van der Waals surface area (Å²) < 4.78 is 10.4. The van der Waals surface area contributed by atoms with Gasteiger partial charge in [-0.3, -0.25) is 4.79 Å². The topological polar surface area (TPSA) is 55.8 Å². The lowest BCUT2D eigenvalue weighted by molar-refractivity contribution is 0.0828. The lowest BCUT2D eigenvalue weighted by atomic mass is 9.92. The maximum atomic E-state index is 12.4. The van der Waals surface area contributed by atoms with Gasteiger partial charge in [-0.15, -0.1) is 0 Å². The van der Waals surface area contributed by atoms with Gasteiger partial charge >= 0.3 is 0 Å². The second-order valence-corrected chi connectivity index (χ2v) is 4.79. The summed E-state index contributed by atoms with van der Waals surface area (Å²) in [5.41, 5.74) is 0.904. The summed E-state index contributed by atoms with van der Waals surface area (Å²) >= 11 is 0. The Morgan fingerprint density at radius 3 is 2.28 bits per heavy atom. The van der Waals surface area contributed by atoms with Crippen molar-refractivity contribution in [1.29, 1.82) is 0 Å². The molecule has 0 spiro atoms. The van der Waals surface area contributed by atoms with Crippen molar-refractivity contribution in [2.24, 2.45) is 5.41 Å². The van der Waals surface area contributed by atoms with Gasteiger partial charge in [-0.05, 0) is 37.5 Å². The zero-order valence-corrected chi connectivity index (χ0v) is 10.9. The van der Waals surface area contributed by atoms with Crippen LogP contribution in [0.2, 0.25) is 0 Å². The van der Waals surface area contributed by atoms with Crippen molar-refractivity contribution in [3.8, 4) is 11.5 Å².